The highest BCUT2D eigenvalue weighted by Gasteiger charge is 2.17. The quantitative estimate of drug-likeness (QED) is 0.747. The van der Waals surface area contributed by atoms with Crippen LogP contribution in [0.5, 0.6) is 0 Å². The van der Waals surface area contributed by atoms with Gasteiger partial charge < -0.3 is 10.1 Å². The second kappa shape index (κ2) is 8.99. The maximum absolute atomic E-state index is 12.2. The first kappa shape index (κ1) is 19.4. The molecule has 1 amide bonds. The topological polar surface area (TPSA) is 72.5 Å². The van der Waals surface area contributed by atoms with Crippen molar-refractivity contribution >= 4 is 51.6 Å². The van der Waals surface area contributed by atoms with Gasteiger partial charge in [-0.15, -0.1) is 0 Å². The molecule has 0 unspecified atom stereocenters. The molecule has 0 spiro atoms. The number of carbonyl (C=O) groups is 2. The summed E-state index contributed by atoms with van der Waals surface area (Å²) in [5, 5.41) is 3.21. The minimum Gasteiger partial charge on any atom is -0.452 e. The molecule has 0 aromatic heterocycles. The molecule has 0 fully saturated rings. The average Bonchev–Trinajstić information content (AvgIpc) is 2.62. The number of anilines is 1. The first-order valence-electron chi connectivity index (χ1n) is 7.31. The standard InChI is InChI=1S/C17H15Cl2NO4S/c1-2-25(23)15-6-4-3-5-12(15)17(22)24-10-16(21)20-11-7-8-13(18)14(19)9-11/h3-9H,2,10H2,1H3,(H,20,21)/t25-/m0/s1. The molecule has 0 saturated heterocycles. The lowest BCUT2D eigenvalue weighted by Gasteiger charge is -2.09. The summed E-state index contributed by atoms with van der Waals surface area (Å²) in [4.78, 5) is 24.5. The Balaban J connectivity index is 1.99. The maximum atomic E-state index is 12.2. The number of esters is 1. The van der Waals surface area contributed by atoms with Crippen LogP contribution in [0.4, 0.5) is 5.69 Å². The van der Waals surface area contributed by atoms with Crippen LogP contribution >= 0.6 is 23.2 Å². The van der Waals surface area contributed by atoms with E-state index < -0.39 is 29.3 Å². The summed E-state index contributed by atoms with van der Waals surface area (Å²) >= 11 is 11.7. The van der Waals surface area contributed by atoms with Gasteiger partial charge >= 0.3 is 5.97 Å². The summed E-state index contributed by atoms with van der Waals surface area (Å²) in [6, 6.07) is 11.1. The third-order valence-corrected chi connectivity index (χ3v) is 5.26. The summed E-state index contributed by atoms with van der Waals surface area (Å²) < 4.78 is 17.0. The molecule has 0 heterocycles. The number of amides is 1. The average molecular weight is 400 g/mol. The van der Waals surface area contributed by atoms with Gasteiger partial charge in [0.2, 0.25) is 0 Å². The van der Waals surface area contributed by atoms with Gasteiger partial charge in [0.25, 0.3) is 5.91 Å². The molecule has 132 valence electrons. The Morgan fingerprint density at radius 1 is 1.12 bits per heavy atom. The van der Waals surface area contributed by atoms with Gasteiger partial charge in [-0.05, 0) is 30.3 Å². The second-order valence-electron chi connectivity index (χ2n) is 4.88. The Morgan fingerprint density at radius 2 is 1.84 bits per heavy atom. The van der Waals surface area contributed by atoms with E-state index in [1.165, 1.54) is 12.1 Å². The van der Waals surface area contributed by atoms with Crippen molar-refractivity contribution in [1.29, 1.82) is 0 Å². The van der Waals surface area contributed by atoms with Gasteiger partial charge in [-0.2, -0.15) is 0 Å². The Kier molecular flexibility index (Phi) is 6.99. The number of ether oxygens (including phenoxy) is 1. The lowest BCUT2D eigenvalue weighted by molar-refractivity contribution is -0.119. The molecule has 2 aromatic rings. The van der Waals surface area contributed by atoms with Crippen LogP contribution in [0.2, 0.25) is 10.0 Å². The number of hydrogen-bond donors (Lipinski definition) is 1. The first-order chi connectivity index (χ1) is 11.9. The summed E-state index contributed by atoms with van der Waals surface area (Å²) in [7, 11) is -1.30. The molecule has 2 rings (SSSR count). The predicted octanol–water partition coefficient (Wildman–Crippen LogP) is 3.92. The van der Waals surface area contributed by atoms with Gasteiger partial charge in [0, 0.05) is 11.4 Å². The van der Waals surface area contributed by atoms with Crippen molar-refractivity contribution in [2.75, 3.05) is 17.7 Å². The molecule has 25 heavy (non-hydrogen) atoms. The third-order valence-electron chi connectivity index (χ3n) is 3.15. The highest BCUT2D eigenvalue weighted by atomic mass is 35.5. The molecule has 2 aromatic carbocycles. The minimum absolute atomic E-state index is 0.185. The molecule has 5 nitrogen and oxygen atoms in total. The van der Waals surface area contributed by atoms with Crippen LogP contribution in [-0.4, -0.2) is 28.4 Å². The van der Waals surface area contributed by atoms with Gasteiger partial charge in [0.05, 0.1) is 31.3 Å². The van der Waals surface area contributed by atoms with Crippen molar-refractivity contribution in [3.8, 4) is 0 Å². The molecule has 0 bridgehead atoms. The molecular formula is C17H15Cl2NO4S. The summed E-state index contributed by atoms with van der Waals surface area (Å²) in [5.41, 5.74) is 0.618. The molecule has 8 heteroatoms. The Morgan fingerprint density at radius 3 is 2.52 bits per heavy atom. The van der Waals surface area contributed by atoms with Gasteiger partial charge in [-0.25, -0.2) is 4.79 Å². The lowest BCUT2D eigenvalue weighted by atomic mass is 10.2. The Hall–Kier alpha value is -1.89. The zero-order chi connectivity index (χ0) is 18.4. The van der Waals surface area contributed by atoms with E-state index in [4.69, 9.17) is 27.9 Å². The zero-order valence-corrected chi connectivity index (χ0v) is 15.6. The number of benzene rings is 2. The van der Waals surface area contributed by atoms with Crippen LogP contribution in [-0.2, 0) is 20.3 Å². The van der Waals surface area contributed by atoms with Crippen LogP contribution in [0.1, 0.15) is 17.3 Å². The van der Waals surface area contributed by atoms with Crippen molar-refractivity contribution in [3.05, 3.63) is 58.1 Å². The van der Waals surface area contributed by atoms with E-state index in [0.29, 0.717) is 26.4 Å². The van der Waals surface area contributed by atoms with E-state index >= 15 is 0 Å². The number of rotatable bonds is 6. The van der Waals surface area contributed by atoms with Crippen LogP contribution in [0, 0.1) is 0 Å². The molecule has 0 aliphatic rings. The largest absolute Gasteiger partial charge is 0.452 e. The zero-order valence-electron chi connectivity index (χ0n) is 13.3. The van der Waals surface area contributed by atoms with Gasteiger partial charge in [0.1, 0.15) is 0 Å². The number of halogens is 2. The van der Waals surface area contributed by atoms with E-state index in [-0.39, 0.29) is 5.56 Å². The summed E-state index contributed by atoms with van der Waals surface area (Å²) in [6.45, 7) is 1.27. The van der Waals surface area contributed by atoms with Gasteiger partial charge in [-0.3, -0.25) is 9.00 Å². The van der Waals surface area contributed by atoms with Gasteiger partial charge in [0.15, 0.2) is 6.61 Å². The summed E-state index contributed by atoms with van der Waals surface area (Å²) in [6.07, 6.45) is 0. The smallest absolute Gasteiger partial charge is 0.339 e. The predicted molar refractivity (Wildman–Crippen MR) is 98.8 cm³/mol. The SMILES string of the molecule is CC[S@](=O)c1ccccc1C(=O)OCC(=O)Nc1ccc(Cl)c(Cl)c1. The van der Waals surface area contributed by atoms with Crippen LogP contribution in [0.15, 0.2) is 47.4 Å². The molecule has 0 radical (unpaired) electrons. The number of hydrogen-bond acceptors (Lipinski definition) is 4. The maximum Gasteiger partial charge on any atom is 0.339 e. The van der Waals surface area contributed by atoms with E-state index in [9.17, 15) is 13.8 Å². The minimum atomic E-state index is -1.30. The molecule has 1 N–H and O–H groups in total. The molecular weight excluding hydrogens is 385 g/mol. The van der Waals surface area contributed by atoms with Crippen molar-refractivity contribution in [1.82, 2.24) is 0 Å². The Bertz CT molecular complexity index is 826. The highest BCUT2D eigenvalue weighted by Crippen LogP contribution is 2.25. The fourth-order valence-corrected chi connectivity index (χ4v) is 3.21. The highest BCUT2D eigenvalue weighted by molar-refractivity contribution is 7.85. The fraction of sp³-hybridized carbons (Fsp3) is 0.176. The summed E-state index contributed by atoms with van der Waals surface area (Å²) in [5.74, 6) is -0.857. The first-order valence-corrected chi connectivity index (χ1v) is 9.39. The van der Waals surface area contributed by atoms with E-state index in [0.717, 1.165) is 0 Å². The van der Waals surface area contributed by atoms with Crippen molar-refractivity contribution in [2.45, 2.75) is 11.8 Å². The third kappa shape index (κ3) is 5.29. The Labute approximate surface area is 157 Å². The van der Waals surface area contributed by atoms with E-state index in [2.05, 4.69) is 5.32 Å². The molecule has 0 aliphatic carbocycles. The van der Waals surface area contributed by atoms with Gasteiger partial charge in [-0.1, -0.05) is 42.3 Å². The second-order valence-corrected chi connectivity index (χ2v) is 7.41. The number of nitrogens with one attached hydrogen (secondary N) is 1. The molecule has 0 saturated carbocycles. The monoisotopic (exact) mass is 399 g/mol. The van der Waals surface area contributed by atoms with E-state index in [1.54, 1.807) is 37.3 Å². The molecule has 1 atom stereocenters. The lowest BCUT2D eigenvalue weighted by Crippen LogP contribution is -2.21. The van der Waals surface area contributed by atoms with Crippen LogP contribution in [0.3, 0.4) is 0 Å². The van der Waals surface area contributed by atoms with Crippen LogP contribution < -0.4 is 5.32 Å². The van der Waals surface area contributed by atoms with Crippen molar-refractivity contribution < 1.29 is 18.5 Å². The van der Waals surface area contributed by atoms with E-state index in [1.807, 2.05) is 0 Å². The fourth-order valence-electron chi connectivity index (χ4n) is 1.97. The molecule has 0 aliphatic heterocycles. The van der Waals surface area contributed by atoms with Crippen molar-refractivity contribution in [2.24, 2.45) is 0 Å². The number of carbonyl (C=O) groups excluding carboxylic acids is 2. The van der Waals surface area contributed by atoms with Crippen molar-refractivity contribution in [3.63, 3.8) is 0 Å². The van der Waals surface area contributed by atoms with Crippen LogP contribution in [0.25, 0.3) is 0 Å². The normalized spacial score (nSPS) is 11.6.